The van der Waals surface area contributed by atoms with Crippen LogP contribution in [0.5, 0.6) is 11.6 Å². The lowest BCUT2D eigenvalue weighted by molar-refractivity contribution is -0.0137. The molecule has 0 aliphatic carbocycles. The first-order chi connectivity index (χ1) is 16.1. The zero-order valence-corrected chi connectivity index (χ0v) is 20.3. The number of aryl methyl sites for hydroxylation is 1. The van der Waals surface area contributed by atoms with Crippen LogP contribution in [0.3, 0.4) is 0 Å². The van der Waals surface area contributed by atoms with Gasteiger partial charge in [-0.1, -0.05) is 6.07 Å². The van der Waals surface area contributed by atoms with Gasteiger partial charge >= 0.3 is 0 Å². The van der Waals surface area contributed by atoms with Crippen molar-refractivity contribution in [1.29, 1.82) is 0 Å². The van der Waals surface area contributed by atoms with Crippen LogP contribution in [0.25, 0.3) is 5.69 Å². The lowest BCUT2D eigenvalue weighted by Crippen LogP contribution is -2.39. The van der Waals surface area contributed by atoms with Crippen molar-refractivity contribution in [1.82, 2.24) is 14.7 Å². The number of aliphatic hydroxyl groups excluding tert-OH is 1. The maximum Gasteiger partial charge on any atom is 0.227 e. The number of hydrogen-bond acceptors (Lipinski definition) is 5. The molecule has 184 valence electrons. The maximum absolute atomic E-state index is 13.8. The van der Waals surface area contributed by atoms with Gasteiger partial charge in [-0.25, -0.2) is 13.5 Å². The summed E-state index contributed by atoms with van der Waals surface area (Å²) >= 11 is 0. The van der Waals surface area contributed by atoms with Crippen LogP contribution in [-0.2, 0) is 11.3 Å². The molecule has 34 heavy (non-hydrogen) atoms. The van der Waals surface area contributed by atoms with Gasteiger partial charge in [-0.3, -0.25) is 4.90 Å². The number of nitrogens with zero attached hydrogens (tertiary/aromatic N) is 3. The SMILES string of the molecule is Cc1nn(-c2ccc(F)cc2)c(Oc2cccc(F)c2)c1CN(C[C@@H](O)COC(C)C)C(C)C. The van der Waals surface area contributed by atoms with Crippen molar-refractivity contribution < 1.29 is 23.4 Å². The van der Waals surface area contributed by atoms with E-state index < -0.39 is 11.9 Å². The van der Waals surface area contributed by atoms with Crippen molar-refractivity contribution in [2.24, 2.45) is 0 Å². The quantitative estimate of drug-likeness (QED) is 0.412. The van der Waals surface area contributed by atoms with Crippen LogP contribution in [0.2, 0.25) is 0 Å². The van der Waals surface area contributed by atoms with Gasteiger partial charge in [0, 0.05) is 25.2 Å². The number of rotatable bonds is 11. The summed E-state index contributed by atoms with van der Waals surface area (Å²) < 4.78 is 40.7. The van der Waals surface area contributed by atoms with Crippen molar-refractivity contribution in [3.05, 3.63) is 71.4 Å². The third-order valence-corrected chi connectivity index (χ3v) is 5.38. The number of halogens is 2. The number of aromatic nitrogens is 2. The topological polar surface area (TPSA) is 59.8 Å². The van der Waals surface area contributed by atoms with E-state index in [4.69, 9.17) is 9.47 Å². The average molecular weight is 474 g/mol. The molecule has 0 aliphatic rings. The minimum absolute atomic E-state index is 0.0320. The van der Waals surface area contributed by atoms with Crippen molar-refractivity contribution in [3.8, 4) is 17.3 Å². The molecular formula is C26H33F2N3O3. The van der Waals surface area contributed by atoms with Crippen LogP contribution in [0.15, 0.2) is 48.5 Å². The highest BCUT2D eigenvalue weighted by Crippen LogP contribution is 2.32. The molecule has 3 rings (SSSR count). The zero-order chi connectivity index (χ0) is 24.8. The van der Waals surface area contributed by atoms with Gasteiger partial charge in [0.15, 0.2) is 0 Å². The summed E-state index contributed by atoms with van der Waals surface area (Å²) in [7, 11) is 0. The van der Waals surface area contributed by atoms with E-state index in [1.807, 2.05) is 34.6 Å². The third-order valence-electron chi connectivity index (χ3n) is 5.38. The van der Waals surface area contributed by atoms with Crippen LogP contribution in [-0.4, -0.2) is 51.2 Å². The molecule has 0 aliphatic heterocycles. The molecule has 2 aromatic carbocycles. The molecular weight excluding hydrogens is 440 g/mol. The van der Waals surface area contributed by atoms with Gasteiger partial charge < -0.3 is 14.6 Å². The zero-order valence-electron chi connectivity index (χ0n) is 20.3. The van der Waals surface area contributed by atoms with Crippen molar-refractivity contribution in [2.75, 3.05) is 13.2 Å². The Kier molecular flexibility index (Phi) is 8.77. The van der Waals surface area contributed by atoms with Crippen LogP contribution < -0.4 is 4.74 Å². The molecule has 1 atom stereocenters. The Morgan fingerprint density at radius 3 is 2.35 bits per heavy atom. The number of benzene rings is 2. The molecule has 0 unspecified atom stereocenters. The highest BCUT2D eigenvalue weighted by molar-refractivity contribution is 5.43. The Balaban J connectivity index is 1.96. The number of aliphatic hydroxyl groups is 1. The summed E-state index contributed by atoms with van der Waals surface area (Å²) in [5.41, 5.74) is 2.12. The van der Waals surface area contributed by atoms with Crippen molar-refractivity contribution >= 4 is 0 Å². The second kappa shape index (κ2) is 11.6. The van der Waals surface area contributed by atoms with E-state index in [9.17, 15) is 13.9 Å². The van der Waals surface area contributed by atoms with Gasteiger partial charge in [0.2, 0.25) is 5.88 Å². The van der Waals surface area contributed by atoms with Crippen molar-refractivity contribution in [3.63, 3.8) is 0 Å². The monoisotopic (exact) mass is 473 g/mol. The highest BCUT2D eigenvalue weighted by Gasteiger charge is 2.24. The molecule has 0 fully saturated rings. The molecule has 0 saturated heterocycles. The smallest absolute Gasteiger partial charge is 0.227 e. The fourth-order valence-corrected chi connectivity index (χ4v) is 3.51. The van der Waals surface area contributed by atoms with Gasteiger partial charge in [0.1, 0.15) is 17.4 Å². The molecule has 0 spiro atoms. The lowest BCUT2D eigenvalue weighted by atomic mass is 10.2. The summed E-state index contributed by atoms with van der Waals surface area (Å²) in [6.07, 6.45) is -0.630. The summed E-state index contributed by atoms with van der Waals surface area (Å²) in [5.74, 6) is -0.0380. The summed E-state index contributed by atoms with van der Waals surface area (Å²) in [6, 6.07) is 11.9. The Labute approximate surface area is 199 Å². The Hall–Kier alpha value is -2.81. The molecule has 1 heterocycles. The summed E-state index contributed by atoms with van der Waals surface area (Å²) in [6.45, 7) is 10.9. The fourth-order valence-electron chi connectivity index (χ4n) is 3.51. The number of hydrogen-bond donors (Lipinski definition) is 1. The van der Waals surface area contributed by atoms with E-state index in [2.05, 4.69) is 10.00 Å². The van der Waals surface area contributed by atoms with Crippen LogP contribution >= 0.6 is 0 Å². The highest BCUT2D eigenvalue weighted by atomic mass is 19.1. The van der Waals surface area contributed by atoms with Crippen molar-refractivity contribution in [2.45, 2.75) is 59.4 Å². The van der Waals surface area contributed by atoms with Crippen LogP contribution in [0.4, 0.5) is 8.78 Å². The van der Waals surface area contributed by atoms with Crippen LogP contribution in [0.1, 0.15) is 39.0 Å². The minimum Gasteiger partial charge on any atom is -0.438 e. The van der Waals surface area contributed by atoms with E-state index in [-0.39, 0.29) is 24.6 Å². The predicted octanol–water partition coefficient (Wildman–Crippen LogP) is 5.25. The van der Waals surface area contributed by atoms with Gasteiger partial charge in [0.05, 0.1) is 35.8 Å². The molecule has 1 aromatic heterocycles. The van der Waals surface area contributed by atoms with Crippen LogP contribution in [0, 0.1) is 18.6 Å². The molecule has 0 radical (unpaired) electrons. The Morgan fingerprint density at radius 2 is 1.74 bits per heavy atom. The first-order valence-corrected chi connectivity index (χ1v) is 11.5. The van der Waals surface area contributed by atoms with E-state index >= 15 is 0 Å². The molecule has 0 bridgehead atoms. The van der Waals surface area contributed by atoms with E-state index in [1.165, 1.54) is 24.3 Å². The predicted molar refractivity (Wildman–Crippen MR) is 127 cm³/mol. The molecule has 3 aromatic rings. The van der Waals surface area contributed by atoms with Gasteiger partial charge in [0.25, 0.3) is 0 Å². The summed E-state index contributed by atoms with van der Waals surface area (Å²) in [5, 5.41) is 15.2. The van der Waals surface area contributed by atoms with E-state index in [0.29, 0.717) is 36.1 Å². The maximum atomic E-state index is 13.8. The number of ether oxygens (including phenoxy) is 2. The largest absolute Gasteiger partial charge is 0.438 e. The Bertz CT molecular complexity index is 1070. The van der Waals surface area contributed by atoms with Gasteiger partial charge in [-0.2, -0.15) is 5.10 Å². The average Bonchev–Trinajstić information content (AvgIpc) is 3.07. The molecule has 0 amide bonds. The molecule has 6 nitrogen and oxygen atoms in total. The second-order valence-electron chi connectivity index (χ2n) is 8.88. The lowest BCUT2D eigenvalue weighted by Gasteiger charge is -2.29. The summed E-state index contributed by atoms with van der Waals surface area (Å²) in [4.78, 5) is 2.10. The first-order valence-electron chi connectivity index (χ1n) is 11.5. The second-order valence-corrected chi connectivity index (χ2v) is 8.88. The molecule has 8 heteroatoms. The standard InChI is InChI=1S/C26H33F2N3O3/c1-17(2)30(14-23(32)16-33-18(3)4)15-25-19(5)29-31(22-11-9-20(27)10-12-22)26(25)34-24-8-6-7-21(28)13-24/h6-13,17-18,23,32H,14-16H2,1-5H3/t23-/m1/s1. The van der Waals surface area contributed by atoms with Gasteiger partial charge in [-0.15, -0.1) is 0 Å². The first kappa shape index (κ1) is 25.8. The third kappa shape index (κ3) is 6.85. The normalized spacial score (nSPS) is 12.7. The molecule has 1 N–H and O–H groups in total. The van der Waals surface area contributed by atoms with Gasteiger partial charge in [-0.05, 0) is 71.0 Å². The fraction of sp³-hybridized carbons (Fsp3) is 0.423. The van der Waals surface area contributed by atoms with E-state index in [1.54, 1.807) is 28.9 Å². The minimum atomic E-state index is -0.662. The Morgan fingerprint density at radius 1 is 1.03 bits per heavy atom. The van der Waals surface area contributed by atoms with E-state index in [0.717, 1.165) is 5.56 Å². The molecule has 0 saturated carbocycles.